The van der Waals surface area contributed by atoms with Crippen LogP contribution in [-0.2, 0) is 19.6 Å². The van der Waals surface area contributed by atoms with Gasteiger partial charge >= 0.3 is 0 Å². The number of nitrogens with zero attached hydrogens (tertiary/aromatic N) is 2. The second-order valence-electron chi connectivity index (χ2n) is 8.51. The number of hydrogen-bond donors (Lipinski definition) is 1. The Balaban J connectivity index is 1.50. The van der Waals surface area contributed by atoms with E-state index in [4.69, 9.17) is 0 Å². The van der Waals surface area contributed by atoms with E-state index in [1.807, 2.05) is 13.0 Å². The third kappa shape index (κ3) is 5.98. The van der Waals surface area contributed by atoms with Gasteiger partial charge in [0, 0.05) is 44.6 Å². The van der Waals surface area contributed by atoms with Gasteiger partial charge in [-0.25, -0.2) is 17.2 Å². The fraction of sp³-hybridized carbons (Fsp3) is 0.417. The molecule has 0 spiro atoms. The van der Waals surface area contributed by atoms with Crippen LogP contribution in [0, 0.1) is 25.5 Å². The van der Waals surface area contributed by atoms with Gasteiger partial charge in [-0.1, -0.05) is 12.1 Å². The number of hydrogen-bond acceptors (Lipinski definition) is 4. The van der Waals surface area contributed by atoms with Crippen LogP contribution in [0.15, 0.2) is 41.3 Å². The monoisotopic (exact) mass is 493 g/mol. The molecule has 2 amide bonds. The number of carbonyl (C=O) groups is 2. The zero-order valence-corrected chi connectivity index (χ0v) is 20.3. The molecule has 0 radical (unpaired) electrons. The average Bonchev–Trinajstić information content (AvgIpc) is 2.80. The summed E-state index contributed by atoms with van der Waals surface area (Å²) in [5.74, 6) is -1.95. The van der Waals surface area contributed by atoms with Crippen LogP contribution in [0.3, 0.4) is 0 Å². The second-order valence-corrected chi connectivity index (χ2v) is 10.4. The lowest BCUT2D eigenvalue weighted by Crippen LogP contribution is -2.50. The molecule has 10 heteroatoms. The van der Waals surface area contributed by atoms with E-state index in [0.29, 0.717) is 5.56 Å². The summed E-state index contributed by atoms with van der Waals surface area (Å²) in [6, 6.07) is 7.55. The zero-order valence-electron chi connectivity index (χ0n) is 19.5. The summed E-state index contributed by atoms with van der Waals surface area (Å²) in [7, 11) is -3.66. The molecule has 2 aromatic rings. The molecule has 1 heterocycles. The van der Waals surface area contributed by atoms with Gasteiger partial charge in [-0.15, -0.1) is 0 Å². The van der Waals surface area contributed by atoms with Gasteiger partial charge < -0.3 is 10.2 Å². The first-order valence-electron chi connectivity index (χ1n) is 11.1. The van der Waals surface area contributed by atoms with Crippen molar-refractivity contribution >= 4 is 21.8 Å². The molecule has 1 fully saturated rings. The number of amides is 2. The zero-order chi connectivity index (χ0) is 25.0. The van der Waals surface area contributed by atoms with Crippen LogP contribution in [0.2, 0.25) is 0 Å². The standard InChI is InChI=1S/C24H29F2N3O4S/c1-16-4-5-17(2)22(14-16)34(32,33)29-12-10-28(11-13-29)24(31)9-8-23(30)27-18(3)20-15-19(25)6-7-21(20)26/h4-7,14-15,18H,8-13H2,1-3H3,(H,27,30). The van der Waals surface area contributed by atoms with Crippen molar-refractivity contribution in [2.45, 2.75) is 44.6 Å². The molecule has 0 bridgehead atoms. The Morgan fingerprint density at radius 2 is 1.68 bits per heavy atom. The SMILES string of the molecule is Cc1ccc(C)c(S(=O)(=O)N2CCN(C(=O)CCC(=O)NC(C)c3cc(F)ccc3F)CC2)c1. The first-order valence-corrected chi connectivity index (χ1v) is 12.5. The number of rotatable bonds is 7. The molecule has 1 aliphatic heterocycles. The summed E-state index contributed by atoms with van der Waals surface area (Å²) in [5, 5.41) is 2.57. The Morgan fingerprint density at radius 1 is 1.00 bits per heavy atom. The first-order chi connectivity index (χ1) is 16.0. The first kappa shape index (κ1) is 25.8. The predicted octanol–water partition coefficient (Wildman–Crippen LogP) is 3.07. The summed E-state index contributed by atoms with van der Waals surface area (Å²) in [6.45, 7) is 5.92. The molecule has 2 aromatic carbocycles. The molecule has 0 saturated carbocycles. The van der Waals surface area contributed by atoms with Crippen molar-refractivity contribution in [1.82, 2.24) is 14.5 Å². The van der Waals surface area contributed by atoms with Crippen molar-refractivity contribution < 1.29 is 26.8 Å². The molecule has 3 rings (SSSR count). The summed E-state index contributed by atoms with van der Waals surface area (Å²) in [6.07, 6.45) is -0.172. The second kappa shape index (κ2) is 10.6. The van der Waals surface area contributed by atoms with Crippen molar-refractivity contribution in [2.24, 2.45) is 0 Å². The molecular formula is C24H29F2N3O4S. The Hall–Kier alpha value is -2.85. The normalized spacial score (nSPS) is 15.7. The molecular weight excluding hydrogens is 464 g/mol. The third-order valence-electron chi connectivity index (χ3n) is 5.92. The van der Waals surface area contributed by atoms with E-state index in [2.05, 4.69) is 5.32 Å². The number of halogens is 2. The predicted molar refractivity (Wildman–Crippen MR) is 123 cm³/mol. The molecule has 1 saturated heterocycles. The van der Waals surface area contributed by atoms with E-state index in [9.17, 15) is 26.8 Å². The Labute approximate surface area is 198 Å². The van der Waals surface area contributed by atoms with Crippen molar-refractivity contribution in [3.05, 3.63) is 64.7 Å². The number of aryl methyl sites for hydroxylation is 2. The van der Waals surface area contributed by atoms with Crippen molar-refractivity contribution in [2.75, 3.05) is 26.2 Å². The van der Waals surface area contributed by atoms with Gasteiger partial charge in [0.15, 0.2) is 0 Å². The highest BCUT2D eigenvalue weighted by molar-refractivity contribution is 7.89. The highest BCUT2D eigenvalue weighted by atomic mass is 32.2. The lowest BCUT2D eigenvalue weighted by Gasteiger charge is -2.34. The Kier molecular flexibility index (Phi) is 8.04. The number of benzene rings is 2. The third-order valence-corrected chi connectivity index (χ3v) is 7.96. The van der Waals surface area contributed by atoms with Crippen LogP contribution in [0.1, 0.15) is 42.5 Å². The molecule has 1 aliphatic rings. The topological polar surface area (TPSA) is 86.8 Å². The van der Waals surface area contributed by atoms with E-state index >= 15 is 0 Å². The van der Waals surface area contributed by atoms with Gasteiger partial charge in [0.05, 0.1) is 10.9 Å². The van der Waals surface area contributed by atoms with Crippen LogP contribution >= 0.6 is 0 Å². The van der Waals surface area contributed by atoms with Gasteiger partial charge in [-0.05, 0) is 56.2 Å². The Morgan fingerprint density at radius 3 is 2.35 bits per heavy atom. The van der Waals surface area contributed by atoms with E-state index in [-0.39, 0.29) is 55.4 Å². The minimum absolute atomic E-state index is 0.0286. The van der Waals surface area contributed by atoms with E-state index in [0.717, 1.165) is 23.8 Å². The van der Waals surface area contributed by atoms with E-state index < -0.39 is 33.6 Å². The van der Waals surface area contributed by atoms with Gasteiger partial charge in [0.2, 0.25) is 21.8 Å². The van der Waals surface area contributed by atoms with Gasteiger partial charge in [-0.2, -0.15) is 4.31 Å². The lowest BCUT2D eigenvalue weighted by atomic mass is 10.1. The fourth-order valence-electron chi connectivity index (χ4n) is 3.92. The van der Waals surface area contributed by atoms with Crippen LogP contribution in [0.4, 0.5) is 8.78 Å². The maximum absolute atomic E-state index is 13.9. The highest BCUT2D eigenvalue weighted by Crippen LogP contribution is 2.23. The summed E-state index contributed by atoms with van der Waals surface area (Å²) in [4.78, 5) is 26.6. The molecule has 34 heavy (non-hydrogen) atoms. The smallest absolute Gasteiger partial charge is 0.243 e. The lowest BCUT2D eigenvalue weighted by molar-refractivity contribution is -0.134. The molecule has 7 nitrogen and oxygen atoms in total. The molecule has 184 valence electrons. The summed E-state index contributed by atoms with van der Waals surface area (Å²) < 4.78 is 54.7. The molecule has 1 N–H and O–H groups in total. The number of carbonyl (C=O) groups excluding carboxylic acids is 2. The minimum Gasteiger partial charge on any atom is -0.349 e. The number of nitrogens with one attached hydrogen (secondary N) is 1. The molecule has 0 aliphatic carbocycles. The number of sulfonamides is 1. The van der Waals surface area contributed by atoms with Gasteiger partial charge in [0.25, 0.3) is 0 Å². The molecule has 1 unspecified atom stereocenters. The largest absolute Gasteiger partial charge is 0.349 e. The quantitative estimate of drug-likeness (QED) is 0.642. The van der Waals surface area contributed by atoms with Crippen LogP contribution in [-0.4, -0.2) is 55.6 Å². The maximum atomic E-state index is 13.9. The fourth-order valence-corrected chi connectivity index (χ4v) is 5.65. The van der Waals surface area contributed by atoms with E-state index in [1.165, 1.54) is 16.1 Å². The van der Waals surface area contributed by atoms with Crippen molar-refractivity contribution in [3.63, 3.8) is 0 Å². The van der Waals surface area contributed by atoms with Gasteiger partial charge in [-0.3, -0.25) is 9.59 Å². The molecule has 1 atom stereocenters. The van der Waals surface area contributed by atoms with Crippen molar-refractivity contribution in [3.8, 4) is 0 Å². The Bertz CT molecular complexity index is 1180. The molecule has 0 aromatic heterocycles. The van der Waals surface area contributed by atoms with Crippen LogP contribution in [0.5, 0.6) is 0 Å². The average molecular weight is 494 g/mol. The van der Waals surface area contributed by atoms with Crippen molar-refractivity contribution in [1.29, 1.82) is 0 Å². The summed E-state index contributed by atoms with van der Waals surface area (Å²) >= 11 is 0. The van der Waals surface area contributed by atoms with E-state index in [1.54, 1.807) is 19.1 Å². The summed E-state index contributed by atoms with van der Waals surface area (Å²) in [5.41, 5.74) is 1.55. The maximum Gasteiger partial charge on any atom is 0.243 e. The van der Waals surface area contributed by atoms with Gasteiger partial charge in [0.1, 0.15) is 11.6 Å². The van der Waals surface area contributed by atoms with Crippen LogP contribution in [0.25, 0.3) is 0 Å². The minimum atomic E-state index is -3.66. The van der Waals surface area contributed by atoms with Crippen LogP contribution < -0.4 is 5.32 Å². The highest BCUT2D eigenvalue weighted by Gasteiger charge is 2.31. The number of piperazine rings is 1.